The number of hydrogen-bond donors (Lipinski definition) is 2. The topological polar surface area (TPSA) is 57.0 Å². The number of hydrogen-bond acceptors (Lipinski definition) is 2. The van der Waals surface area contributed by atoms with Crippen molar-refractivity contribution in [1.82, 2.24) is 4.98 Å². The molecule has 0 fully saturated rings. The molecular weight excluding hydrogens is 240 g/mol. The molecule has 1 aromatic carbocycles. The maximum atomic E-state index is 12.2. The summed E-state index contributed by atoms with van der Waals surface area (Å²) in [5.74, 6) is 0.623. The van der Waals surface area contributed by atoms with Gasteiger partial charge in [0.2, 0.25) is 0 Å². The van der Waals surface area contributed by atoms with Gasteiger partial charge in [-0.15, -0.1) is 0 Å². The Morgan fingerprint density at radius 3 is 2.63 bits per heavy atom. The number of nitrogens with one attached hydrogen (secondary N) is 1. The number of aromatic nitrogens is 2. The van der Waals surface area contributed by atoms with Crippen LogP contribution in [0.15, 0.2) is 42.7 Å². The number of H-pyrrole nitrogens is 1. The van der Waals surface area contributed by atoms with Gasteiger partial charge in [0.25, 0.3) is 5.82 Å². The number of rotatable bonds is 5. The minimum atomic E-state index is -0.739. The molecule has 2 rings (SSSR count). The highest BCUT2D eigenvalue weighted by molar-refractivity contribution is 5.84. The summed E-state index contributed by atoms with van der Waals surface area (Å²) >= 11 is 0. The standard InChI is InChI=1S/C15H18N2O2/c1-11(15-16-8-9-17(15)2)13(18)10-14(19)12-6-4-3-5-7-12/h3-9,11,14,19H,10H2,1-2H3/p+1. The van der Waals surface area contributed by atoms with Gasteiger partial charge in [0.15, 0.2) is 5.78 Å². The highest BCUT2D eigenvalue weighted by Crippen LogP contribution is 2.21. The summed E-state index contributed by atoms with van der Waals surface area (Å²) in [5, 5.41) is 10.1. The lowest BCUT2D eigenvalue weighted by atomic mass is 9.97. The van der Waals surface area contributed by atoms with Crippen LogP contribution in [0.3, 0.4) is 0 Å². The zero-order chi connectivity index (χ0) is 13.8. The predicted molar refractivity (Wildman–Crippen MR) is 71.4 cm³/mol. The van der Waals surface area contributed by atoms with E-state index in [4.69, 9.17) is 0 Å². The molecule has 0 spiro atoms. The number of nitrogens with zero attached hydrogens (tertiary/aromatic N) is 1. The van der Waals surface area contributed by atoms with Crippen LogP contribution >= 0.6 is 0 Å². The molecule has 2 N–H and O–H groups in total. The molecule has 100 valence electrons. The molecule has 2 aromatic rings. The second-order valence-corrected chi connectivity index (χ2v) is 4.77. The largest absolute Gasteiger partial charge is 0.388 e. The summed E-state index contributed by atoms with van der Waals surface area (Å²) in [5.41, 5.74) is 0.777. The number of aromatic amines is 1. The van der Waals surface area contributed by atoms with E-state index in [0.717, 1.165) is 11.4 Å². The van der Waals surface area contributed by atoms with Crippen molar-refractivity contribution in [2.75, 3.05) is 0 Å². The van der Waals surface area contributed by atoms with E-state index < -0.39 is 6.10 Å². The summed E-state index contributed by atoms with van der Waals surface area (Å²) in [6, 6.07) is 9.27. The minimum absolute atomic E-state index is 0.0226. The summed E-state index contributed by atoms with van der Waals surface area (Å²) < 4.78 is 1.89. The van der Waals surface area contributed by atoms with Gasteiger partial charge in [0, 0.05) is 6.42 Å². The van der Waals surface area contributed by atoms with Crippen molar-refractivity contribution in [1.29, 1.82) is 0 Å². The number of aliphatic hydroxyl groups excluding tert-OH is 1. The van der Waals surface area contributed by atoms with Gasteiger partial charge in [0.05, 0.1) is 13.2 Å². The first kappa shape index (κ1) is 13.5. The lowest BCUT2D eigenvalue weighted by Gasteiger charge is -2.12. The van der Waals surface area contributed by atoms with Crippen LogP contribution < -0.4 is 4.57 Å². The number of carbonyl (C=O) groups excluding carboxylic acids is 1. The Morgan fingerprint density at radius 1 is 1.37 bits per heavy atom. The summed E-state index contributed by atoms with van der Waals surface area (Å²) in [6.07, 6.45) is 3.06. The van der Waals surface area contributed by atoms with Crippen LogP contribution in [0.2, 0.25) is 0 Å². The average Bonchev–Trinajstić information content (AvgIpc) is 2.85. The van der Waals surface area contributed by atoms with Gasteiger partial charge in [-0.25, -0.2) is 9.55 Å². The molecule has 4 heteroatoms. The van der Waals surface area contributed by atoms with Gasteiger partial charge in [-0.2, -0.15) is 0 Å². The van der Waals surface area contributed by atoms with Crippen LogP contribution in [0, 0.1) is 0 Å². The molecule has 1 heterocycles. The molecule has 1 aromatic heterocycles. The van der Waals surface area contributed by atoms with Gasteiger partial charge in [-0.05, 0) is 12.5 Å². The Bertz CT molecular complexity index is 548. The SMILES string of the molecule is CC(C(=O)CC(O)c1ccccc1)c1[nH]cc[n+]1C. The van der Waals surface area contributed by atoms with E-state index in [1.165, 1.54) is 0 Å². The number of aliphatic hydroxyl groups is 1. The Balaban J connectivity index is 2.04. The fraction of sp³-hybridized carbons (Fsp3) is 0.333. The highest BCUT2D eigenvalue weighted by Gasteiger charge is 2.26. The molecule has 4 nitrogen and oxygen atoms in total. The second kappa shape index (κ2) is 5.80. The fourth-order valence-electron chi connectivity index (χ4n) is 2.16. The Morgan fingerprint density at radius 2 is 2.05 bits per heavy atom. The smallest absolute Gasteiger partial charge is 0.264 e. The molecule has 0 bridgehead atoms. The van der Waals surface area contributed by atoms with Crippen LogP contribution in [-0.4, -0.2) is 15.9 Å². The van der Waals surface area contributed by atoms with Crippen LogP contribution in [0.25, 0.3) is 0 Å². The number of aryl methyl sites for hydroxylation is 1. The van der Waals surface area contributed by atoms with E-state index in [2.05, 4.69) is 4.98 Å². The van der Waals surface area contributed by atoms with Crippen LogP contribution in [0.5, 0.6) is 0 Å². The van der Waals surface area contributed by atoms with Crippen LogP contribution in [0.4, 0.5) is 0 Å². The zero-order valence-electron chi connectivity index (χ0n) is 11.2. The number of ketones is 1. The normalized spacial score (nSPS) is 14.1. The lowest BCUT2D eigenvalue weighted by molar-refractivity contribution is -0.678. The van der Waals surface area contributed by atoms with E-state index >= 15 is 0 Å². The zero-order valence-corrected chi connectivity index (χ0v) is 11.2. The molecule has 0 amide bonds. The molecule has 0 aliphatic rings. The summed E-state index contributed by atoms with van der Waals surface area (Å²) in [6.45, 7) is 1.85. The van der Waals surface area contributed by atoms with Crippen LogP contribution in [0.1, 0.15) is 36.8 Å². The minimum Gasteiger partial charge on any atom is -0.388 e. The lowest BCUT2D eigenvalue weighted by Crippen LogP contribution is -2.34. The monoisotopic (exact) mass is 259 g/mol. The van der Waals surface area contributed by atoms with E-state index in [9.17, 15) is 9.90 Å². The first-order valence-electron chi connectivity index (χ1n) is 6.38. The van der Waals surface area contributed by atoms with E-state index in [0.29, 0.717) is 0 Å². The molecule has 19 heavy (non-hydrogen) atoms. The van der Waals surface area contributed by atoms with Gasteiger partial charge in [-0.3, -0.25) is 4.79 Å². The summed E-state index contributed by atoms with van der Waals surface area (Å²) in [7, 11) is 1.89. The number of carbonyl (C=O) groups is 1. The van der Waals surface area contributed by atoms with Gasteiger partial charge >= 0.3 is 0 Å². The number of Topliss-reactive ketones (excluding diaryl/α,β-unsaturated/α-hetero) is 1. The van der Waals surface area contributed by atoms with Gasteiger partial charge < -0.3 is 5.11 Å². The Kier molecular flexibility index (Phi) is 4.12. The molecule has 0 radical (unpaired) electrons. The van der Waals surface area contributed by atoms with Crippen molar-refractivity contribution >= 4 is 5.78 Å². The molecule has 0 aliphatic carbocycles. The fourth-order valence-corrected chi connectivity index (χ4v) is 2.16. The van der Waals surface area contributed by atoms with Crippen molar-refractivity contribution in [3.63, 3.8) is 0 Å². The first-order valence-corrected chi connectivity index (χ1v) is 6.38. The maximum Gasteiger partial charge on any atom is 0.264 e. The van der Waals surface area contributed by atoms with Crippen molar-refractivity contribution in [3.8, 4) is 0 Å². The van der Waals surface area contributed by atoms with Crippen molar-refractivity contribution in [3.05, 3.63) is 54.1 Å². The molecular formula is C15H19N2O2+. The Hall–Kier alpha value is -1.94. The third-order valence-electron chi connectivity index (χ3n) is 3.38. The number of imidazole rings is 1. The van der Waals surface area contributed by atoms with Gasteiger partial charge in [-0.1, -0.05) is 30.3 Å². The molecule has 2 unspecified atom stereocenters. The van der Waals surface area contributed by atoms with Gasteiger partial charge in [0.1, 0.15) is 18.3 Å². The Labute approximate surface area is 112 Å². The van der Waals surface area contributed by atoms with E-state index in [1.54, 1.807) is 6.20 Å². The third kappa shape index (κ3) is 3.09. The highest BCUT2D eigenvalue weighted by atomic mass is 16.3. The molecule has 0 saturated heterocycles. The number of benzene rings is 1. The molecule has 2 atom stereocenters. The quantitative estimate of drug-likeness (QED) is 0.802. The van der Waals surface area contributed by atoms with E-state index in [-0.39, 0.29) is 18.1 Å². The third-order valence-corrected chi connectivity index (χ3v) is 3.38. The predicted octanol–water partition coefficient (Wildman–Crippen LogP) is 1.64. The van der Waals surface area contributed by atoms with E-state index in [1.807, 2.05) is 55.1 Å². The van der Waals surface area contributed by atoms with Crippen molar-refractivity contribution in [2.24, 2.45) is 7.05 Å². The first-order chi connectivity index (χ1) is 9.09. The molecule has 0 saturated carbocycles. The second-order valence-electron chi connectivity index (χ2n) is 4.77. The molecule has 0 aliphatic heterocycles. The average molecular weight is 259 g/mol. The van der Waals surface area contributed by atoms with Crippen molar-refractivity contribution in [2.45, 2.75) is 25.4 Å². The van der Waals surface area contributed by atoms with Crippen LogP contribution in [-0.2, 0) is 11.8 Å². The maximum absolute atomic E-state index is 12.2. The van der Waals surface area contributed by atoms with Crippen molar-refractivity contribution < 1.29 is 14.5 Å². The summed E-state index contributed by atoms with van der Waals surface area (Å²) in [4.78, 5) is 15.2.